The molecule has 0 radical (unpaired) electrons. The van der Waals surface area contributed by atoms with Crippen molar-refractivity contribution in [3.8, 4) is 5.75 Å². The molecule has 3 aromatic rings. The summed E-state index contributed by atoms with van der Waals surface area (Å²) in [4.78, 5) is 37.4. The fourth-order valence-corrected chi connectivity index (χ4v) is 2.84. The van der Waals surface area contributed by atoms with Crippen molar-refractivity contribution in [2.24, 2.45) is 0 Å². The summed E-state index contributed by atoms with van der Waals surface area (Å²) in [7, 11) is 0. The van der Waals surface area contributed by atoms with E-state index in [0.29, 0.717) is 17.9 Å². The maximum absolute atomic E-state index is 12.7. The number of ether oxygens (including phenoxy) is 1. The highest BCUT2D eigenvalue weighted by Gasteiger charge is 2.23. The monoisotopic (exact) mass is 421 g/mol. The molecule has 1 aromatic heterocycles. The lowest BCUT2D eigenvalue weighted by Crippen LogP contribution is -2.53. The number of hydrazine groups is 1. The van der Waals surface area contributed by atoms with E-state index in [0.717, 1.165) is 5.56 Å². The summed E-state index contributed by atoms with van der Waals surface area (Å²) >= 11 is 0. The van der Waals surface area contributed by atoms with Gasteiger partial charge in [-0.05, 0) is 48.9 Å². The summed E-state index contributed by atoms with van der Waals surface area (Å²) in [5.74, 6) is -0.856. The van der Waals surface area contributed by atoms with Gasteiger partial charge in [0, 0.05) is 12.0 Å². The summed E-state index contributed by atoms with van der Waals surface area (Å²) in [6.07, 6.45) is 1.61. The summed E-state index contributed by atoms with van der Waals surface area (Å²) in [6, 6.07) is 17.9. The van der Waals surface area contributed by atoms with Crippen LogP contribution in [0.25, 0.3) is 0 Å². The van der Waals surface area contributed by atoms with Crippen LogP contribution in [-0.4, -0.2) is 30.4 Å². The lowest BCUT2D eigenvalue weighted by Gasteiger charge is -2.18. The molecular formula is C23H23N3O5. The second kappa shape index (κ2) is 10.6. The van der Waals surface area contributed by atoms with Crippen molar-refractivity contribution in [3.05, 3.63) is 89.9 Å². The van der Waals surface area contributed by atoms with Crippen molar-refractivity contribution in [2.45, 2.75) is 19.4 Å². The molecule has 2 aromatic carbocycles. The molecule has 0 bridgehead atoms. The van der Waals surface area contributed by atoms with E-state index in [1.807, 2.05) is 37.3 Å². The Hall–Kier alpha value is -4.07. The van der Waals surface area contributed by atoms with Gasteiger partial charge < -0.3 is 14.5 Å². The fourth-order valence-electron chi connectivity index (χ4n) is 2.84. The number of rotatable bonds is 8. The molecule has 3 N–H and O–H groups in total. The molecule has 0 spiro atoms. The van der Waals surface area contributed by atoms with E-state index >= 15 is 0 Å². The molecule has 3 amide bonds. The van der Waals surface area contributed by atoms with Crippen LogP contribution in [0.1, 0.15) is 33.4 Å². The molecular weight excluding hydrogens is 398 g/mol. The third kappa shape index (κ3) is 6.20. The van der Waals surface area contributed by atoms with Gasteiger partial charge in [0.15, 0.2) is 5.76 Å². The molecule has 0 saturated heterocycles. The Morgan fingerprint density at radius 2 is 1.65 bits per heavy atom. The summed E-state index contributed by atoms with van der Waals surface area (Å²) in [6.45, 7) is 2.39. The molecule has 0 saturated carbocycles. The summed E-state index contributed by atoms with van der Waals surface area (Å²) < 4.78 is 10.4. The molecule has 3 rings (SSSR count). The zero-order valence-electron chi connectivity index (χ0n) is 17.0. The summed E-state index contributed by atoms with van der Waals surface area (Å²) in [5, 5.41) is 2.64. The van der Waals surface area contributed by atoms with Gasteiger partial charge in [-0.1, -0.05) is 30.3 Å². The number of furan rings is 1. The third-order valence-corrected chi connectivity index (χ3v) is 4.38. The Bertz CT molecular complexity index is 1000. The van der Waals surface area contributed by atoms with Crippen LogP contribution in [0.3, 0.4) is 0 Å². The third-order valence-electron chi connectivity index (χ3n) is 4.38. The average Bonchev–Trinajstić information content (AvgIpc) is 3.33. The van der Waals surface area contributed by atoms with Gasteiger partial charge in [-0.3, -0.25) is 25.2 Å². The van der Waals surface area contributed by atoms with Gasteiger partial charge in [0.05, 0.1) is 12.9 Å². The molecule has 1 atom stereocenters. The first-order valence-corrected chi connectivity index (χ1v) is 9.78. The highest BCUT2D eigenvalue weighted by Crippen LogP contribution is 2.12. The fraction of sp³-hybridized carbons (Fsp3) is 0.174. The quantitative estimate of drug-likeness (QED) is 0.484. The molecule has 0 aliphatic rings. The van der Waals surface area contributed by atoms with E-state index in [2.05, 4.69) is 16.2 Å². The van der Waals surface area contributed by atoms with Crippen LogP contribution >= 0.6 is 0 Å². The number of hydrogen-bond acceptors (Lipinski definition) is 5. The Labute approximate surface area is 179 Å². The predicted octanol–water partition coefficient (Wildman–Crippen LogP) is 2.48. The van der Waals surface area contributed by atoms with Crippen molar-refractivity contribution in [1.82, 2.24) is 16.2 Å². The number of nitrogens with one attached hydrogen (secondary N) is 3. The predicted molar refractivity (Wildman–Crippen MR) is 113 cm³/mol. The highest BCUT2D eigenvalue weighted by molar-refractivity contribution is 5.98. The van der Waals surface area contributed by atoms with E-state index in [1.54, 1.807) is 30.3 Å². The van der Waals surface area contributed by atoms with E-state index < -0.39 is 23.8 Å². The number of amides is 3. The number of carbonyl (C=O) groups excluding carboxylic acids is 3. The minimum absolute atomic E-state index is 0.0873. The molecule has 31 heavy (non-hydrogen) atoms. The molecule has 0 aliphatic heterocycles. The van der Waals surface area contributed by atoms with E-state index in [9.17, 15) is 14.4 Å². The molecule has 0 unspecified atom stereocenters. The normalized spacial score (nSPS) is 11.3. The molecule has 0 fully saturated rings. The van der Waals surface area contributed by atoms with Gasteiger partial charge in [0.1, 0.15) is 11.8 Å². The van der Waals surface area contributed by atoms with E-state index in [4.69, 9.17) is 9.15 Å². The molecule has 0 aliphatic carbocycles. The topological polar surface area (TPSA) is 110 Å². The number of hydrogen-bond donors (Lipinski definition) is 3. The Morgan fingerprint density at radius 3 is 2.29 bits per heavy atom. The van der Waals surface area contributed by atoms with Gasteiger partial charge in [-0.15, -0.1) is 0 Å². The minimum Gasteiger partial charge on any atom is -0.494 e. The van der Waals surface area contributed by atoms with Crippen molar-refractivity contribution in [2.75, 3.05) is 6.61 Å². The van der Waals surface area contributed by atoms with Gasteiger partial charge in [-0.2, -0.15) is 0 Å². The zero-order valence-corrected chi connectivity index (χ0v) is 17.0. The minimum atomic E-state index is -0.930. The Morgan fingerprint density at radius 1 is 0.903 bits per heavy atom. The zero-order chi connectivity index (χ0) is 22.1. The van der Waals surface area contributed by atoms with Crippen LogP contribution in [0.4, 0.5) is 0 Å². The van der Waals surface area contributed by atoms with Crippen molar-refractivity contribution >= 4 is 17.7 Å². The van der Waals surface area contributed by atoms with Crippen LogP contribution < -0.4 is 20.9 Å². The maximum atomic E-state index is 12.7. The highest BCUT2D eigenvalue weighted by atomic mass is 16.5. The van der Waals surface area contributed by atoms with Crippen LogP contribution in [0.5, 0.6) is 5.75 Å². The van der Waals surface area contributed by atoms with Crippen molar-refractivity contribution in [3.63, 3.8) is 0 Å². The smallest absolute Gasteiger partial charge is 0.287 e. The lowest BCUT2D eigenvalue weighted by atomic mass is 10.1. The molecule has 160 valence electrons. The van der Waals surface area contributed by atoms with E-state index in [1.165, 1.54) is 12.3 Å². The van der Waals surface area contributed by atoms with Gasteiger partial charge in [0.2, 0.25) is 0 Å². The van der Waals surface area contributed by atoms with Gasteiger partial charge in [-0.25, -0.2) is 0 Å². The molecule has 1 heterocycles. The van der Waals surface area contributed by atoms with Gasteiger partial charge >= 0.3 is 0 Å². The number of benzene rings is 2. The van der Waals surface area contributed by atoms with Crippen LogP contribution in [0.15, 0.2) is 77.4 Å². The SMILES string of the molecule is CCOc1ccc(C(=O)NNC(=O)[C@H](Cc2ccccc2)NC(=O)c2ccco2)cc1. The lowest BCUT2D eigenvalue weighted by molar-refractivity contribution is -0.123. The first kappa shape index (κ1) is 21.6. The van der Waals surface area contributed by atoms with Crippen molar-refractivity contribution < 1.29 is 23.5 Å². The Kier molecular flexibility index (Phi) is 7.42. The molecule has 8 heteroatoms. The maximum Gasteiger partial charge on any atom is 0.287 e. The Balaban J connectivity index is 1.64. The van der Waals surface area contributed by atoms with Crippen LogP contribution in [0, 0.1) is 0 Å². The standard InChI is InChI=1S/C23H23N3O5/c1-2-30-18-12-10-17(11-13-18)21(27)25-26-22(28)19(15-16-7-4-3-5-8-16)24-23(29)20-9-6-14-31-20/h3-14,19H,2,15H2,1H3,(H,24,29)(H,25,27)(H,26,28)/t19-/m0/s1. The van der Waals surface area contributed by atoms with E-state index in [-0.39, 0.29) is 12.2 Å². The van der Waals surface area contributed by atoms with Gasteiger partial charge in [0.25, 0.3) is 17.7 Å². The first-order chi connectivity index (χ1) is 15.1. The second-order valence-electron chi connectivity index (χ2n) is 6.59. The average molecular weight is 421 g/mol. The van der Waals surface area contributed by atoms with Crippen molar-refractivity contribution in [1.29, 1.82) is 0 Å². The number of carbonyl (C=O) groups is 3. The second-order valence-corrected chi connectivity index (χ2v) is 6.59. The largest absolute Gasteiger partial charge is 0.494 e. The summed E-state index contributed by atoms with van der Waals surface area (Å²) in [5.41, 5.74) is 5.94. The molecule has 8 nitrogen and oxygen atoms in total. The first-order valence-electron chi connectivity index (χ1n) is 9.78. The van der Waals surface area contributed by atoms with Crippen LogP contribution in [0.2, 0.25) is 0 Å². The van der Waals surface area contributed by atoms with Crippen LogP contribution in [-0.2, 0) is 11.2 Å².